The lowest BCUT2D eigenvalue weighted by molar-refractivity contribution is -0.240. The van der Waals surface area contributed by atoms with Crippen LogP contribution in [0.5, 0.6) is 0 Å². The zero-order chi connectivity index (χ0) is 11.7. The van der Waals surface area contributed by atoms with Crippen LogP contribution in [-0.4, -0.2) is 17.7 Å². The van der Waals surface area contributed by atoms with Gasteiger partial charge in [0, 0.05) is 25.3 Å². The van der Waals surface area contributed by atoms with Gasteiger partial charge in [0.15, 0.2) is 0 Å². The first-order valence-corrected chi connectivity index (χ1v) is 5.52. The molecule has 0 N–H and O–H groups in total. The number of allylic oxidation sites excluding steroid dienone is 1. The summed E-state index contributed by atoms with van der Waals surface area (Å²) in [5.74, 6) is -1.18. The molecule has 0 spiro atoms. The lowest BCUT2D eigenvalue weighted by Gasteiger charge is -2.43. The zero-order valence-corrected chi connectivity index (χ0v) is 9.57. The molecular weight excluding hydrogens is 208 g/mol. The molecule has 86 valence electrons. The molecule has 4 nitrogen and oxygen atoms in total. The first-order valence-electron chi connectivity index (χ1n) is 5.52. The predicted molar refractivity (Wildman–Crippen MR) is 54.1 cm³/mol. The molecule has 0 radical (unpaired) electrons. The number of rotatable bonds is 2. The van der Waals surface area contributed by atoms with E-state index in [-0.39, 0.29) is 11.3 Å². The summed E-state index contributed by atoms with van der Waals surface area (Å²) in [7, 11) is 0. The molecule has 3 rings (SSSR count). The Hall–Kier alpha value is -1.32. The van der Waals surface area contributed by atoms with Crippen molar-refractivity contribution in [2.24, 2.45) is 17.3 Å². The molecule has 0 aromatic rings. The quantitative estimate of drug-likeness (QED) is 0.402. The highest BCUT2D eigenvalue weighted by atomic mass is 16.7. The topological polar surface area (TPSA) is 52.6 Å². The maximum atomic E-state index is 11.1. The normalized spacial score (nSPS) is 40.3. The Kier molecular flexibility index (Phi) is 1.54. The highest BCUT2D eigenvalue weighted by Gasteiger charge is 2.80. The number of ether oxygens (including phenoxy) is 2. The van der Waals surface area contributed by atoms with Gasteiger partial charge in [0.25, 0.3) is 5.79 Å². The summed E-state index contributed by atoms with van der Waals surface area (Å²) in [6.07, 6.45) is 2.80. The van der Waals surface area contributed by atoms with Crippen molar-refractivity contribution in [3.05, 3.63) is 11.6 Å². The van der Waals surface area contributed by atoms with E-state index >= 15 is 0 Å². The number of carbonyl (C=O) groups excluding carboxylic acids is 2. The summed E-state index contributed by atoms with van der Waals surface area (Å²) in [6, 6.07) is 0. The molecule has 0 aromatic carbocycles. The Morgan fingerprint density at radius 3 is 2.19 bits per heavy atom. The summed E-state index contributed by atoms with van der Waals surface area (Å²) >= 11 is 0. The Morgan fingerprint density at radius 2 is 1.88 bits per heavy atom. The van der Waals surface area contributed by atoms with E-state index in [1.54, 1.807) is 0 Å². The maximum absolute atomic E-state index is 11.1. The molecule has 4 heteroatoms. The first-order chi connectivity index (χ1) is 7.40. The van der Waals surface area contributed by atoms with Crippen molar-refractivity contribution in [3.63, 3.8) is 0 Å². The van der Waals surface area contributed by atoms with Crippen molar-refractivity contribution < 1.29 is 19.1 Å². The molecule has 0 amide bonds. The van der Waals surface area contributed by atoms with Crippen LogP contribution in [0.3, 0.4) is 0 Å². The van der Waals surface area contributed by atoms with Gasteiger partial charge >= 0.3 is 11.9 Å². The Balaban J connectivity index is 1.94. The van der Waals surface area contributed by atoms with Crippen LogP contribution >= 0.6 is 0 Å². The van der Waals surface area contributed by atoms with Crippen LogP contribution in [0.4, 0.5) is 0 Å². The van der Waals surface area contributed by atoms with Gasteiger partial charge in [-0.25, -0.2) is 0 Å². The van der Waals surface area contributed by atoms with Gasteiger partial charge in [0.1, 0.15) is 0 Å². The number of esters is 2. The molecule has 0 aliphatic heterocycles. The molecule has 0 bridgehead atoms. The lowest BCUT2D eigenvalue weighted by Crippen LogP contribution is -2.50. The van der Waals surface area contributed by atoms with Crippen LogP contribution < -0.4 is 0 Å². The average Bonchev–Trinajstić information content (AvgIpc) is 2.42. The van der Waals surface area contributed by atoms with Crippen LogP contribution in [0.15, 0.2) is 11.6 Å². The van der Waals surface area contributed by atoms with Gasteiger partial charge in [-0.15, -0.1) is 0 Å². The van der Waals surface area contributed by atoms with E-state index in [0.29, 0.717) is 5.92 Å². The second-order valence-electron chi connectivity index (χ2n) is 5.13. The third-order valence-electron chi connectivity index (χ3n) is 4.28. The third-order valence-corrected chi connectivity index (χ3v) is 4.28. The predicted octanol–water partition coefficient (Wildman–Crippen LogP) is 1.40. The maximum Gasteiger partial charge on any atom is 0.306 e. The van der Waals surface area contributed by atoms with Crippen LogP contribution in [0.25, 0.3) is 0 Å². The van der Waals surface area contributed by atoms with Crippen molar-refractivity contribution in [1.29, 1.82) is 0 Å². The standard InChI is InChI=1S/C12H14O4/c1-6(13)15-12(16-7(2)14)5-9-8-4-10(12)11(8,9)3/h5,8,10H,4H2,1-3H3/t8-,10-,11?/m0/s1. The van der Waals surface area contributed by atoms with Crippen molar-refractivity contribution in [3.8, 4) is 0 Å². The van der Waals surface area contributed by atoms with Crippen LogP contribution in [-0.2, 0) is 19.1 Å². The van der Waals surface area contributed by atoms with E-state index in [1.165, 1.54) is 19.4 Å². The van der Waals surface area contributed by atoms with Crippen LogP contribution in [0, 0.1) is 17.3 Å². The molecule has 3 aliphatic carbocycles. The van der Waals surface area contributed by atoms with Crippen LogP contribution in [0.2, 0.25) is 0 Å². The Morgan fingerprint density at radius 1 is 1.31 bits per heavy atom. The highest BCUT2D eigenvalue weighted by molar-refractivity contribution is 5.71. The molecule has 3 aliphatic rings. The number of fused-ring (bicyclic) bond motifs is 1. The fourth-order valence-corrected chi connectivity index (χ4v) is 3.53. The van der Waals surface area contributed by atoms with E-state index < -0.39 is 17.7 Å². The molecule has 0 saturated heterocycles. The van der Waals surface area contributed by atoms with Crippen molar-refractivity contribution in [2.45, 2.75) is 33.0 Å². The van der Waals surface area contributed by atoms with Gasteiger partial charge in [-0.1, -0.05) is 12.5 Å². The van der Waals surface area contributed by atoms with E-state index in [4.69, 9.17) is 9.47 Å². The van der Waals surface area contributed by atoms with Crippen molar-refractivity contribution in [2.75, 3.05) is 0 Å². The molecule has 3 atom stereocenters. The number of hydrogen-bond acceptors (Lipinski definition) is 4. The smallest absolute Gasteiger partial charge is 0.306 e. The Labute approximate surface area is 93.6 Å². The lowest BCUT2D eigenvalue weighted by atomic mass is 9.70. The fraction of sp³-hybridized carbons (Fsp3) is 0.667. The Bertz CT molecular complexity index is 420. The van der Waals surface area contributed by atoms with Gasteiger partial charge in [-0.2, -0.15) is 0 Å². The average molecular weight is 222 g/mol. The molecular formula is C12H14O4. The molecule has 2 saturated carbocycles. The first kappa shape index (κ1) is 9.87. The van der Waals surface area contributed by atoms with Crippen LogP contribution in [0.1, 0.15) is 27.2 Å². The molecule has 0 aromatic heterocycles. The van der Waals surface area contributed by atoms with Gasteiger partial charge in [0.2, 0.25) is 0 Å². The van der Waals surface area contributed by atoms with Gasteiger partial charge < -0.3 is 9.47 Å². The summed E-state index contributed by atoms with van der Waals surface area (Å²) in [6.45, 7) is 4.82. The van der Waals surface area contributed by atoms with Crippen molar-refractivity contribution >= 4 is 11.9 Å². The molecule has 0 heterocycles. The summed E-state index contributed by atoms with van der Waals surface area (Å²) in [5, 5.41) is 0. The number of hydrogen-bond donors (Lipinski definition) is 0. The van der Waals surface area contributed by atoms with E-state index in [1.807, 2.05) is 6.08 Å². The zero-order valence-electron chi connectivity index (χ0n) is 9.57. The molecule has 16 heavy (non-hydrogen) atoms. The highest BCUT2D eigenvalue weighted by Crippen LogP contribution is 2.82. The summed E-state index contributed by atoms with van der Waals surface area (Å²) in [4.78, 5) is 22.3. The minimum absolute atomic E-state index is 0.118. The molecule has 1 unspecified atom stereocenters. The SMILES string of the molecule is CC(=O)OC1(OC(C)=O)C=C2[C@@H]3C[C@H]1C23C. The molecule has 2 fully saturated rings. The van der Waals surface area contributed by atoms with E-state index in [2.05, 4.69) is 6.92 Å². The number of carbonyl (C=O) groups is 2. The second-order valence-corrected chi connectivity index (χ2v) is 5.13. The van der Waals surface area contributed by atoms with Gasteiger partial charge in [-0.05, 0) is 12.3 Å². The van der Waals surface area contributed by atoms with E-state index in [0.717, 1.165) is 6.42 Å². The summed E-state index contributed by atoms with van der Waals surface area (Å²) < 4.78 is 10.5. The van der Waals surface area contributed by atoms with E-state index in [9.17, 15) is 9.59 Å². The fourth-order valence-electron chi connectivity index (χ4n) is 3.53. The third kappa shape index (κ3) is 0.907. The second kappa shape index (κ2) is 2.50. The van der Waals surface area contributed by atoms with Gasteiger partial charge in [0.05, 0.1) is 5.92 Å². The summed E-state index contributed by atoms with van der Waals surface area (Å²) in [5.41, 5.74) is 1.42. The minimum Gasteiger partial charge on any atom is -0.418 e. The van der Waals surface area contributed by atoms with Crippen molar-refractivity contribution in [1.82, 2.24) is 0 Å². The minimum atomic E-state index is -1.11. The van der Waals surface area contributed by atoms with Gasteiger partial charge in [-0.3, -0.25) is 9.59 Å². The monoisotopic (exact) mass is 222 g/mol. The largest absolute Gasteiger partial charge is 0.418 e.